The van der Waals surface area contributed by atoms with E-state index in [0.29, 0.717) is 12.8 Å². The smallest absolute Gasteiger partial charge is 0.306 e. The van der Waals surface area contributed by atoms with Gasteiger partial charge in [0.15, 0.2) is 6.10 Å². The van der Waals surface area contributed by atoms with Crippen molar-refractivity contribution < 1.29 is 38.2 Å². The number of quaternary nitrogens is 1. The van der Waals surface area contributed by atoms with Crippen molar-refractivity contribution in [3.05, 3.63) is 85.1 Å². The molecule has 0 aliphatic rings. The molecule has 0 bridgehead atoms. The molecule has 0 aliphatic heterocycles. The fraction of sp³-hybridized carbons (Fsp3) is 0.673. The van der Waals surface area contributed by atoms with E-state index in [1.54, 1.807) is 21.1 Å². The Bertz CT molecular complexity index is 1250. The fourth-order valence-corrected chi connectivity index (χ4v) is 6.38. The van der Waals surface area contributed by atoms with Crippen molar-refractivity contribution in [3.63, 3.8) is 0 Å². The number of likely N-dealkylation sites (N-methyl/N-ethyl adjacent to an activating group) is 1. The number of nitrogens with zero attached hydrogens (tertiary/aromatic N) is 1. The normalized spacial score (nSPS) is 13.7. The first-order valence-corrected chi connectivity index (χ1v) is 23.6. The zero-order valence-electron chi connectivity index (χ0n) is 38.8. The Kier molecular flexibility index (Phi) is 39.8. The number of hydrogen-bond acceptors (Lipinski definition) is 7. The molecule has 342 valence electrons. The molecule has 0 aromatic carbocycles. The molecule has 2 atom stereocenters. The summed E-state index contributed by atoms with van der Waals surface area (Å²) in [4.78, 5) is 36.9. The Labute approximate surface area is 367 Å². The van der Waals surface area contributed by atoms with Gasteiger partial charge in [-0.2, -0.15) is 0 Å². The van der Waals surface area contributed by atoms with Crippen LogP contribution in [0, 0.1) is 0 Å². The highest BCUT2D eigenvalue weighted by Crippen LogP contribution is 2.13. The number of carboxylic acid groups (broad SMARTS) is 1. The average Bonchev–Trinajstić information content (AvgIpc) is 3.21. The first-order valence-electron chi connectivity index (χ1n) is 23.6. The van der Waals surface area contributed by atoms with Crippen LogP contribution in [-0.4, -0.2) is 75.5 Å². The van der Waals surface area contributed by atoms with Crippen molar-refractivity contribution in [2.45, 2.75) is 187 Å². The van der Waals surface area contributed by atoms with E-state index in [1.807, 2.05) is 12.2 Å². The molecule has 0 spiro atoms. The van der Waals surface area contributed by atoms with Crippen molar-refractivity contribution >= 4 is 17.9 Å². The lowest BCUT2D eigenvalue weighted by Gasteiger charge is -2.34. The summed E-state index contributed by atoms with van der Waals surface area (Å²) >= 11 is 0. The molecule has 8 nitrogen and oxygen atoms in total. The van der Waals surface area contributed by atoms with Gasteiger partial charge in [-0.1, -0.05) is 163 Å². The number of ether oxygens (including phenoxy) is 3. The predicted octanol–water partition coefficient (Wildman–Crippen LogP) is 12.0. The minimum Gasteiger partial charge on any atom is -0.544 e. The van der Waals surface area contributed by atoms with Gasteiger partial charge in [0.2, 0.25) is 0 Å². The highest BCUT2D eigenvalue weighted by molar-refractivity contribution is 5.70. The van der Waals surface area contributed by atoms with Crippen LogP contribution in [0.15, 0.2) is 85.1 Å². The molecule has 0 amide bonds. The van der Waals surface area contributed by atoms with E-state index in [-0.39, 0.29) is 43.1 Å². The largest absolute Gasteiger partial charge is 0.544 e. The van der Waals surface area contributed by atoms with Gasteiger partial charge in [-0.05, 0) is 77.0 Å². The lowest BCUT2D eigenvalue weighted by Crippen LogP contribution is -2.55. The monoisotopic (exact) mass is 838 g/mol. The third-order valence-corrected chi connectivity index (χ3v) is 10.0. The lowest BCUT2D eigenvalue weighted by atomic mass is 10.1. The maximum absolute atomic E-state index is 12.7. The van der Waals surface area contributed by atoms with Crippen molar-refractivity contribution in [2.24, 2.45) is 0 Å². The van der Waals surface area contributed by atoms with Gasteiger partial charge >= 0.3 is 11.9 Å². The van der Waals surface area contributed by atoms with Crippen molar-refractivity contribution in [2.75, 3.05) is 41.0 Å². The molecule has 0 aromatic rings. The Hall–Kier alpha value is -3.49. The van der Waals surface area contributed by atoms with E-state index in [4.69, 9.17) is 14.2 Å². The molecular weight excluding hydrogens is 751 g/mol. The summed E-state index contributed by atoms with van der Waals surface area (Å²) < 4.78 is 17.1. The van der Waals surface area contributed by atoms with Crippen LogP contribution in [0.25, 0.3) is 0 Å². The van der Waals surface area contributed by atoms with E-state index in [1.165, 1.54) is 77.0 Å². The van der Waals surface area contributed by atoms with Gasteiger partial charge < -0.3 is 28.6 Å². The second-order valence-electron chi connectivity index (χ2n) is 16.6. The maximum Gasteiger partial charge on any atom is 0.306 e. The van der Waals surface area contributed by atoms with Gasteiger partial charge in [-0.3, -0.25) is 9.59 Å². The quantitative estimate of drug-likeness (QED) is 0.0261. The maximum atomic E-state index is 12.7. The van der Waals surface area contributed by atoms with Gasteiger partial charge in [0, 0.05) is 19.3 Å². The predicted molar refractivity (Wildman–Crippen MR) is 249 cm³/mol. The molecule has 60 heavy (non-hydrogen) atoms. The molecule has 0 aliphatic carbocycles. The second-order valence-corrected chi connectivity index (χ2v) is 16.6. The number of unbranched alkanes of at least 4 members (excludes halogenated alkanes) is 13. The summed E-state index contributed by atoms with van der Waals surface area (Å²) in [7, 11) is 5.38. The first-order chi connectivity index (χ1) is 29.1. The highest BCUT2D eigenvalue weighted by Gasteiger charge is 2.25. The van der Waals surface area contributed by atoms with E-state index >= 15 is 0 Å². The summed E-state index contributed by atoms with van der Waals surface area (Å²) in [6, 6.07) is -0.744. The lowest BCUT2D eigenvalue weighted by molar-refractivity contribution is -0.889. The molecule has 0 aromatic heterocycles. The van der Waals surface area contributed by atoms with Crippen molar-refractivity contribution in [3.8, 4) is 0 Å². The summed E-state index contributed by atoms with van der Waals surface area (Å²) in [5, 5.41) is 11.6. The number of carbonyl (C=O) groups is 3. The van der Waals surface area contributed by atoms with E-state index in [0.717, 1.165) is 57.8 Å². The molecule has 0 radical (unpaired) electrons. The van der Waals surface area contributed by atoms with Crippen molar-refractivity contribution in [1.82, 2.24) is 0 Å². The zero-order valence-corrected chi connectivity index (χ0v) is 38.8. The number of carbonyl (C=O) groups excluding carboxylic acids is 3. The van der Waals surface area contributed by atoms with Crippen LogP contribution in [0.2, 0.25) is 0 Å². The van der Waals surface area contributed by atoms with Gasteiger partial charge in [0.05, 0.1) is 40.3 Å². The topological polar surface area (TPSA) is 102 Å². The van der Waals surface area contributed by atoms with Crippen LogP contribution in [-0.2, 0) is 28.6 Å². The number of aliphatic carboxylic acids is 1. The number of allylic oxidation sites excluding steroid dienone is 14. The van der Waals surface area contributed by atoms with Crippen LogP contribution in [0.3, 0.4) is 0 Å². The third kappa shape index (κ3) is 39.9. The molecule has 0 rings (SSSR count). The number of esters is 2. The molecule has 0 saturated heterocycles. The first kappa shape index (κ1) is 56.5. The number of carboxylic acids is 1. The van der Waals surface area contributed by atoms with E-state index < -0.39 is 24.1 Å². The summed E-state index contributed by atoms with van der Waals surface area (Å²) in [6.45, 7) is 4.45. The molecule has 0 saturated carbocycles. The van der Waals surface area contributed by atoms with Crippen LogP contribution in [0.5, 0.6) is 0 Å². The molecule has 2 unspecified atom stereocenters. The zero-order chi connectivity index (χ0) is 44.2. The third-order valence-electron chi connectivity index (χ3n) is 10.0. The standard InChI is InChI=1S/C52H87NO7/c1-6-8-10-12-14-16-18-20-22-24-25-27-29-31-33-35-37-39-41-43-51(55)60-48(46-58-45-44-49(52(56)57)53(3,4)5)47-59-50(54)42-40-38-36-34-32-30-28-26-23-21-19-17-15-13-11-9-7-2/h8,10,14,16,20-23,25,27,31,33,37,39,48-49H,6-7,9,11-13,15,17-19,24,26,28-30,32,34-36,38,40-47H2,1-5H3/b10-8-,16-14-,22-20-,23-21-,27-25-,33-31-,39-37-. The Morgan fingerprint density at radius 1 is 0.517 bits per heavy atom. The van der Waals surface area contributed by atoms with E-state index in [2.05, 4.69) is 86.8 Å². The summed E-state index contributed by atoms with van der Waals surface area (Å²) in [5.41, 5.74) is 0. The van der Waals surface area contributed by atoms with E-state index in [9.17, 15) is 19.5 Å². The van der Waals surface area contributed by atoms with Crippen LogP contribution >= 0.6 is 0 Å². The number of hydrogen-bond donors (Lipinski definition) is 0. The fourth-order valence-electron chi connectivity index (χ4n) is 6.38. The molecule has 0 heterocycles. The molecular formula is C52H87NO7. The minimum absolute atomic E-state index is 0.00472. The SMILES string of the molecule is CC/C=C\C/C=C\C/C=C\C/C=C\C/C=C\C/C=C\CCC(=O)OC(COCCC(C(=O)[O-])[N+](C)(C)C)COC(=O)CCCCCCCCC/C=C\CCCCCCCC. The minimum atomic E-state index is -1.14. The molecule has 8 heteroatoms. The Morgan fingerprint density at radius 2 is 0.967 bits per heavy atom. The van der Waals surface area contributed by atoms with Crippen LogP contribution < -0.4 is 5.11 Å². The highest BCUT2D eigenvalue weighted by atomic mass is 16.6. The molecule has 0 fully saturated rings. The summed E-state index contributed by atoms with van der Waals surface area (Å²) in [6.07, 6.45) is 54.8. The Morgan fingerprint density at radius 3 is 1.45 bits per heavy atom. The van der Waals surface area contributed by atoms with Crippen molar-refractivity contribution in [1.29, 1.82) is 0 Å². The Balaban J connectivity index is 4.45. The number of rotatable bonds is 41. The van der Waals surface area contributed by atoms with Gasteiger partial charge in [-0.15, -0.1) is 0 Å². The molecule has 0 N–H and O–H groups in total. The van der Waals surface area contributed by atoms with Gasteiger partial charge in [-0.25, -0.2) is 0 Å². The summed E-state index contributed by atoms with van der Waals surface area (Å²) in [5.74, 6) is -1.86. The average molecular weight is 838 g/mol. The van der Waals surface area contributed by atoms with Gasteiger partial charge in [0.25, 0.3) is 0 Å². The van der Waals surface area contributed by atoms with Crippen LogP contribution in [0.1, 0.15) is 174 Å². The van der Waals surface area contributed by atoms with Gasteiger partial charge in [0.1, 0.15) is 12.6 Å². The second kappa shape index (κ2) is 42.2. The van der Waals surface area contributed by atoms with Crippen LogP contribution in [0.4, 0.5) is 0 Å².